The van der Waals surface area contributed by atoms with Crippen molar-refractivity contribution >= 4 is 21.8 Å². The van der Waals surface area contributed by atoms with Gasteiger partial charge in [0.1, 0.15) is 17.5 Å². The van der Waals surface area contributed by atoms with Gasteiger partial charge in [0, 0.05) is 25.6 Å². The zero-order valence-corrected chi connectivity index (χ0v) is 25.2. The lowest BCUT2D eigenvalue weighted by Crippen LogP contribution is -2.48. The van der Waals surface area contributed by atoms with Crippen LogP contribution in [0.3, 0.4) is 0 Å². The second kappa shape index (κ2) is 14.3. The number of nitrogens with one attached hydrogen (secondary N) is 2. The molecule has 1 aliphatic carbocycles. The fraction of sp³-hybridized carbons (Fsp3) is 0.375. The summed E-state index contributed by atoms with van der Waals surface area (Å²) in [6.45, 7) is 2.43. The highest BCUT2D eigenvalue weighted by Gasteiger charge is 2.28. The Morgan fingerprint density at radius 1 is 0.833 bits per heavy atom. The van der Waals surface area contributed by atoms with Crippen LogP contribution in [0.2, 0.25) is 0 Å². The molecule has 0 radical (unpaired) electrons. The number of hydrogen-bond acceptors (Lipinski definition) is 6. The van der Waals surface area contributed by atoms with Gasteiger partial charge in [-0.1, -0.05) is 36.4 Å². The Morgan fingerprint density at radius 3 is 1.90 bits per heavy atom. The fourth-order valence-corrected chi connectivity index (χ4v) is 5.80. The van der Waals surface area contributed by atoms with Gasteiger partial charge in [-0.15, -0.1) is 0 Å². The number of aryl methyl sites for hydroxylation is 1. The average Bonchev–Trinajstić information content (AvgIpc) is 3.82. The highest BCUT2D eigenvalue weighted by atomic mass is 32.2. The molecule has 42 heavy (non-hydrogen) atoms. The molecular weight excluding hydrogens is 554 g/mol. The minimum absolute atomic E-state index is 0.0330. The second-order valence-electron chi connectivity index (χ2n) is 10.5. The number of benzene rings is 3. The first kappa shape index (κ1) is 31.1. The lowest BCUT2D eigenvalue weighted by molar-refractivity contribution is -0.140. The van der Waals surface area contributed by atoms with Crippen LogP contribution in [0.25, 0.3) is 0 Å². The van der Waals surface area contributed by atoms with Crippen LogP contribution < -0.4 is 19.5 Å². The zero-order chi connectivity index (χ0) is 30.1. The summed E-state index contributed by atoms with van der Waals surface area (Å²) in [6, 6.07) is 21.0. The maximum absolute atomic E-state index is 13.5. The van der Waals surface area contributed by atoms with Crippen molar-refractivity contribution in [1.82, 2.24) is 14.9 Å². The Hall–Kier alpha value is -3.89. The third-order valence-electron chi connectivity index (χ3n) is 7.31. The molecule has 1 saturated carbocycles. The first-order valence-corrected chi connectivity index (χ1v) is 15.6. The Labute approximate surface area is 248 Å². The number of ether oxygens (including phenoxy) is 2. The summed E-state index contributed by atoms with van der Waals surface area (Å²) in [5, 5.41) is 2.96. The van der Waals surface area contributed by atoms with Crippen LogP contribution in [0, 0.1) is 0 Å². The molecule has 2 amide bonds. The third kappa shape index (κ3) is 8.80. The summed E-state index contributed by atoms with van der Waals surface area (Å²) in [7, 11) is -0.322. The Bertz CT molecular complexity index is 1440. The van der Waals surface area contributed by atoms with Crippen molar-refractivity contribution in [3.8, 4) is 11.5 Å². The van der Waals surface area contributed by atoms with Crippen molar-refractivity contribution in [3.63, 3.8) is 0 Å². The fourth-order valence-electron chi connectivity index (χ4n) is 4.50. The van der Waals surface area contributed by atoms with E-state index < -0.39 is 16.1 Å². The molecular formula is C32H39N3O6S. The number of rotatable bonds is 15. The van der Waals surface area contributed by atoms with E-state index in [0.29, 0.717) is 25.1 Å². The normalized spacial score (nSPS) is 13.7. The predicted molar refractivity (Wildman–Crippen MR) is 161 cm³/mol. The molecule has 0 aliphatic heterocycles. The van der Waals surface area contributed by atoms with Crippen LogP contribution in [0.1, 0.15) is 42.9 Å². The van der Waals surface area contributed by atoms with E-state index >= 15 is 0 Å². The van der Waals surface area contributed by atoms with Crippen LogP contribution in [0.15, 0.2) is 77.7 Å². The molecule has 0 bridgehead atoms. The van der Waals surface area contributed by atoms with Gasteiger partial charge in [0.15, 0.2) is 0 Å². The highest BCUT2D eigenvalue weighted by molar-refractivity contribution is 7.89. The third-order valence-corrected chi connectivity index (χ3v) is 8.85. The molecule has 1 atom stereocenters. The predicted octanol–water partition coefficient (Wildman–Crippen LogP) is 3.85. The van der Waals surface area contributed by atoms with Crippen molar-refractivity contribution in [2.24, 2.45) is 0 Å². The molecule has 9 nitrogen and oxygen atoms in total. The number of hydrogen-bond donors (Lipinski definition) is 2. The standard InChI is InChI=1S/C32H39N3O6S/c1-23(32(37)33-21-20-25-4-13-28(40-2)14-5-25)35(22-26-6-15-29(41-3)16-7-26)31(36)19-10-24-8-17-30(18-9-24)42(38,39)34-27-11-12-27/h4-9,13-18,23,27,34H,10-12,19-22H2,1-3H3,(H,33,37)/t23-/m0/s1. The van der Waals surface area contributed by atoms with E-state index in [1.54, 1.807) is 50.3 Å². The number of amides is 2. The molecule has 0 unspecified atom stereocenters. The van der Waals surface area contributed by atoms with Gasteiger partial charge in [-0.3, -0.25) is 9.59 Å². The van der Waals surface area contributed by atoms with Crippen LogP contribution in [-0.4, -0.2) is 58.0 Å². The monoisotopic (exact) mass is 593 g/mol. The molecule has 0 spiro atoms. The van der Waals surface area contributed by atoms with Gasteiger partial charge < -0.3 is 19.7 Å². The molecule has 1 fully saturated rings. The van der Waals surface area contributed by atoms with Crippen LogP contribution in [0.4, 0.5) is 0 Å². The van der Waals surface area contributed by atoms with E-state index in [0.717, 1.165) is 35.3 Å². The smallest absolute Gasteiger partial charge is 0.242 e. The van der Waals surface area contributed by atoms with Crippen LogP contribution in [-0.2, 0) is 39.0 Å². The largest absolute Gasteiger partial charge is 0.497 e. The van der Waals surface area contributed by atoms with Gasteiger partial charge in [0.25, 0.3) is 0 Å². The quantitative estimate of drug-likeness (QED) is 0.277. The van der Waals surface area contributed by atoms with Gasteiger partial charge in [-0.05, 0) is 85.7 Å². The summed E-state index contributed by atoms with van der Waals surface area (Å²) >= 11 is 0. The van der Waals surface area contributed by atoms with E-state index in [2.05, 4.69) is 10.0 Å². The number of nitrogens with zero attached hydrogens (tertiary/aromatic N) is 1. The van der Waals surface area contributed by atoms with Crippen LogP contribution >= 0.6 is 0 Å². The van der Waals surface area contributed by atoms with Gasteiger partial charge in [0.2, 0.25) is 21.8 Å². The Kier molecular flexibility index (Phi) is 10.6. The average molecular weight is 594 g/mol. The molecule has 224 valence electrons. The number of sulfonamides is 1. The van der Waals surface area contributed by atoms with Gasteiger partial charge in [0.05, 0.1) is 19.1 Å². The van der Waals surface area contributed by atoms with Gasteiger partial charge >= 0.3 is 0 Å². The molecule has 0 saturated heterocycles. The van der Waals surface area contributed by atoms with E-state index in [1.807, 2.05) is 48.5 Å². The topological polar surface area (TPSA) is 114 Å². The van der Waals surface area contributed by atoms with Crippen molar-refractivity contribution in [1.29, 1.82) is 0 Å². The maximum atomic E-state index is 13.5. The molecule has 0 heterocycles. The summed E-state index contributed by atoms with van der Waals surface area (Å²) in [6.07, 6.45) is 2.97. The van der Waals surface area contributed by atoms with E-state index in [9.17, 15) is 18.0 Å². The highest BCUT2D eigenvalue weighted by Crippen LogP contribution is 2.23. The number of methoxy groups -OCH3 is 2. The Balaban J connectivity index is 1.38. The molecule has 4 rings (SSSR count). The van der Waals surface area contributed by atoms with E-state index in [1.165, 1.54) is 0 Å². The molecule has 1 aliphatic rings. The minimum Gasteiger partial charge on any atom is -0.497 e. The van der Waals surface area contributed by atoms with E-state index in [-0.39, 0.29) is 35.7 Å². The molecule has 2 N–H and O–H groups in total. The maximum Gasteiger partial charge on any atom is 0.242 e. The summed E-state index contributed by atoms with van der Waals surface area (Å²) in [4.78, 5) is 28.5. The first-order chi connectivity index (χ1) is 20.2. The molecule has 3 aromatic rings. The van der Waals surface area contributed by atoms with Crippen LogP contribution in [0.5, 0.6) is 11.5 Å². The summed E-state index contributed by atoms with van der Waals surface area (Å²) < 4.78 is 38.0. The second-order valence-corrected chi connectivity index (χ2v) is 12.2. The van der Waals surface area contributed by atoms with Crippen molar-refractivity contribution in [3.05, 3.63) is 89.5 Å². The summed E-state index contributed by atoms with van der Waals surface area (Å²) in [5.41, 5.74) is 2.78. The van der Waals surface area contributed by atoms with Crippen molar-refractivity contribution < 1.29 is 27.5 Å². The molecule has 0 aromatic heterocycles. The van der Waals surface area contributed by atoms with Crippen molar-refractivity contribution in [2.75, 3.05) is 20.8 Å². The SMILES string of the molecule is COc1ccc(CCNC(=O)[C@H](C)N(Cc2ccc(OC)cc2)C(=O)CCc2ccc(S(=O)(=O)NC3CC3)cc2)cc1. The zero-order valence-electron chi connectivity index (χ0n) is 24.3. The van der Waals surface area contributed by atoms with Gasteiger partial charge in [-0.25, -0.2) is 13.1 Å². The lowest BCUT2D eigenvalue weighted by Gasteiger charge is -2.29. The Morgan fingerprint density at radius 2 is 1.36 bits per heavy atom. The molecule has 3 aromatic carbocycles. The molecule has 10 heteroatoms. The lowest BCUT2D eigenvalue weighted by atomic mass is 10.1. The van der Waals surface area contributed by atoms with Gasteiger partial charge in [-0.2, -0.15) is 0 Å². The minimum atomic E-state index is -3.53. The number of carbonyl (C=O) groups excluding carboxylic acids is 2. The first-order valence-electron chi connectivity index (χ1n) is 14.1. The summed E-state index contributed by atoms with van der Waals surface area (Å²) in [5.74, 6) is 1.08. The number of carbonyl (C=O) groups is 2. The van der Waals surface area contributed by atoms with Crippen molar-refractivity contribution in [2.45, 2.75) is 62.6 Å². The van der Waals surface area contributed by atoms with E-state index in [4.69, 9.17) is 9.47 Å².